The quantitative estimate of drug-likeness (QED) is 0.142. The molecule has 0 radical (unpaired) electrons. The number of hydrogen-bond donors (Lipinski definition) is 0. The first-order chi connectivity index (χ1) is 35.4. The molecule has 0 aliphatic heterocycles. The zero-order valence-electron chi connectivity index (χ0n) is 42.5. The number of para-hydroxylation sites is 3. The van der Waals surface area contributed by atoms with Gasteiger partial charge in [-0.15, -0.1) is 0 Å². The second kappa shape index (κ2) is 17.9. The minimum Gasteiger partial charge on any atom is -0.238 e. The Hall–Kier alpha value is -7.33. The number of ether oxygens (including phenoxy) is 1. The first kappa shape index (κ1) is 40.5. The number of imidazole rings is 1. The minimum atomic E-state index is -2.36. The van der Waals surface area contributed by atoms with Gasteiger partial charge < -0.3 is 0 Å². The molecule has 0 saturated carbocycles. The van der Waals surface area contributed by atoms with Crippen molar-refractivity contribution in [2.45, 2.75) is 64.8 Å². The number of pyridine rings is 1. The Morgan fingerprint density at radius 2 is 1.16 bits per heavy atom. The number of benzene rings is 8. The second-order valence-electron chi connectivity index (χ2n) is 19.5. The van der Waals surface area contributed by atoms with E-state index >= 15 is 0 Å². The molecule has 6 heteroatoms. The normalized spacial score (nSPS) is 14.8. The third kappa shape index (κ3) is 7.78. The van der Waals surface area contributed by atoms with Crippen LogP contribution < -0.4 is 4.74 Å². The van der Waals surface area contributed by atoms with Gasteiger partial charge in [-0.3, -0.25) is 0 Å². The molecule has 1 atom stereocenters. The van der Waals surface area contributed by atoms with Gasteiger partial charge in [0.2, 0.25) is 0 Å². The van der Waals surface area contributed by atoms with Gasteiger partial charge in [-0.2, -0.15) is 0 Å². The molecule has 0 fully saturated rings. The molecule has 0 amide bonds. The van der Waals surface area contributed by atoms with Crippen LogP contribution in [0.3, 0.4) is 0 Å². The molecular formula is C64H54N4OPt. The maximum absolute atomic E-state index is 8.59. The molecule has 0 spiro atoms. The van der Waals surface area contributed by atoms with Crippen molar-refractivity contribution in [3.8, 4) is 56.4 Å². The molecule has 1 unspecified atom stereocenters. The first-order valence-electron chi connectivity index (χ1n) is 25.8. The van der Waals surface area contributed by atoms with Gasteiger partial charge in [-0.1, -0.05) is 48.5 Å². The van der Waals surface area contributed by atoms with Gasteiger partial charge in [-0.05, 0) is 30.1 Å². The van der Waals surface area contributed by atoms with E-state index in [0.29, 0.717) is 17.1 Å². The largest absolute Gasteiger partial charge is 0.238 e. The molecule has 11 aromatic rings. The Balaban J connectivity index is 0.993. The molecule has 1 aliphatic carbocycles. The molecule has 5 nitrogen and oxygen atoms in total. The van der Waals surface area contributed by atoms with Crippen molar-refractivity contribution >= 4 is 32.8 Å². The Bertz CT molecular complexity index is 3880. The van der Waals surface area contributed by atoms with Crippen molar-refractivity contribution in [2.24, 2.45) is 0 Å². The van der Waals surface area contributed by atoms with Gasteiger partial charge in [0.15, 0.2) is 0 Å². The Kier molecular flexibility index (Phi) is 10.4. The minimum absolute atomic E-state index is 0.0382. The molecular weight excluding hydrogens is 1040 g/mol. The van der Waals surface area contributed by atoms with Crippen LogP contribution in [0.1, 0.15) is 72.4 Å². The zero-order chi connectivity index (χ0) is 50.0. The summed E-state index contributed by atoms with van der Waals surface area (Å²) in [6.45, 7) is 4.54. The fourth-order valence-electron chi connectivity index (χ4n) is 10.7. The van der Waals surface area contributed by atoms with E-state index in [0.717, 1.165) is 68.1 Å². The van der Waals surface area contributed by atoms with Crippen molar-refractivity contribution in [1.82, 2.24) is 18.7 Å². The second-order valence-corrected chi connectivity index (χ2v) is 20.6. The average Bonchev–Trinajstić information content (AvgIpc) is 3.79. The molecule has 3 aromatic heterocycles. The maximum Gasteiger partial charge on any atom is 0.0374 e. The standard InChI is InChI=1S/C64H54N4O.Pt/c1-43-36-62(65-41-56(43)46-24-12-7-13-25-46)68-58-29-17-15-27-51(58)52-35-34-50(40-61(52)68)69-49-33-32-47-26-14-16-28-57(53(47)39-49)66-42-67(60-31-19-18-30-59(60)66)63-54(44-20-8-5-9-21-44)37-48(64(2,3)4)38-55(63)45-22-10-6-11-23-45;/h5-13,15,17-25,27,29-41,57H,14,16,26,28H2,1-4H3;/i1D3;. The predicted octanol–water partition coefficient (Wildman–Crippen LogP) is 16.7. The van der Waals surface area contributed by atoms with E-state index in [9.17, 15) is 0 Å². The molecule has 8 aromatic carbocycles. The van der Waals surface area contributed by atoms with Gasteiger partial charge >= 0.3 is 328 Å². The number of aromatic nitrogens is 4. The summed E-state index contributed by atoms with van der Waals surface area (Å²) in [6.07, 6.45) is 5.87. The van der Waals surface area contributed by atoms with E-state index < -0.39 is 6.85 Å². The fraction of sp³-hybridized carbons (Fsp3) is 0.156. The van der Waals surface area contributed by atoms with E-state index in [-0.39, 0.29) is 17.0 Å². The van der Waals surface area contributed by atoms with Gasteiger partial charge in [-0.25, -0.2) is 4.98 Å². The summed E-state index contributed by atoms with van der Waals surface area (Å²) in [6, 6.07) is 67.9. The Morgan fingerprint density at radius 1 is 0.571 bits per heavy atom. The summed E-state index contributed by atoms with van der Waals surface area (Å²) in [5.41, 5.74) is 15.5. The third-order valence-electron chi connectivity index (χ3n) is 14.2. The molecule has 0 N–H and O–H groups in total. The average molecular weight is 1090 g/mol. The monoisotopic (exact) mass is 1090 g/mol. The molecule has 3 heterocycles. The van der Waals surface area contributed by atoms with E-state index in [1.54, 1.807) is 12.3 Å². The Labute approximate surface area is 424 Å². The smallest absolute Gasteiger partial charge is 0.0374 e. The van der Waals surface area contributed by atoms with Crippen LogP contribution in [0, 0.1) is 10.7 Å². The zero-order valence-corrected chi connectivity index (χ0v) is 41.7. The molecule has 0 saturated heterocycles. The van der Waals surface area contributed by atoms with Crippen LogP contribution in [0.15, 0.2) is 200 Å². The van der Waals surface area contributed by atoms with Crippen molar-refractivity contribution in [2.75, 3.05) is 0 Å². The summed E-state index contributed by atoms with van der Waals surface area (Å²) < 4.78 is 41.0. The van der Waals surface area contributed by atoms with Gasteiger partial charge in [0, 0.05) is 15.9 Å². The van der Waals surface area contributed by atoms with Crippen LogP contribution in [-0.4, -0.2) is 18.7 Å². The summed E-state index contributed by atoms with van der Waals surface area (Å²) in [5.74, 6) is 1.97. The van der Waals surface area contributed by atoms with Gasteiger partial charge in [0.05, 0.1) is 0 Å². The SMILES string of the molecule is [2H]C([2H])([2H])c1cc(-n2c3ccccc3c3ccc(Oc4ccc5c(c4)C(n4[c](=[Pt])n(-c6c(-c7ccccc7)cc(C(C)(C)C)cc6-c6ccccc6)c6ccccc64)CCCC5)cc32)ncc1-c1ccccc1. The predicted molar refractivity (Wildman–Crippen MR) is 285 cm³/mol. The van der Waals surface area contributed by atoms with Crippen LogP contribution in [0.4, 0.5) is 0 Å². The number of rotatable bonds is 8. The summed E-state index contributed by atoms with van der Waals surface area (Å²) in [7, 11) is 0. The summed E-state index contributed by atoms with van der Waals surface area (Å²) in [5, 5.41) is 2.07. The van der Waals surface area contributed by atoms with Gasteiger partial charge in [0.1, 0.15) is 0 Å². The number of nitrogens with zero attached hydrogens (tertiary/aromatic N) is 4. The number of fused-ring (bicyclic) bond motifs is 5. The van der Waals surface area contributed by atoms with E-state index in [1.807, 2.05) is 48.5 Å². The third-order valence-corrected chi connectivity index (χ3v) is 15.2. The molecule has 0 bridgehead atoms. The molecule has 1 aliphatic rings. The number of hydrogen-bond acceptors (Lipinski definition) is 2. The van der Waals surface area contributed by atoms with Gasteiger partial charge in [0.25, 0.3) is 0 Å². The van der Waals surface area contributed by atoms with Crippen LogP contribution in [0.5, 0.6) is 11.5 Å². The van der Waals surface area contributed by atoms with Crippen LogP contribution in [0.25, 0.3) is 77.7 Å². The van der Waals surface area contributed by atoms with Crippen LogP contribution in [-0.2, 0) is 31.2 Å². The summed E-state index contributed by atoms with van der Waals surface area (Å²) in [4.78, 5) is 4.95. The van der Waals surface area contributed by atoms with E-state index in [1.165, 1.54) is 50.1 Å². The summed E-state index contributed by atoms with van der Waals surface area (Å²) >= 11 is 2.60. The molecule has 346 valence electrons. The maximum atomic E-state index is 8.59. The molecule has 12 rings (SSSR count). The van der Waals surface area contributed by atoms with Crippen LogP contribution in [0.2, 0.25) is 0 Å². The van der Waals surface area contributed by atoms with Crippen molar-refractivity contribution < 1.29 is 28.2 Å². The van der Waals surface area contributed by atoms with E-state index in [4.69, 9.17) is 13.8 Å². The van der Waals surface area contributed by atoms with Crippen LogP contribution >= 0.6 is 0 Å². The van der Waals surface area contributed by atoms with E-state index in [2.05, 4.69) is 193 Å². The van der Waals surface area contributed by atoms with Crippen molar-refractivity contribution in [3.05, 3.63) is 226 Å². The first-order valence-corrected chi connectivity index (χ1v) is 25.4. The molecule has 70 heavy (non-hydrogen) atoms. The number of aryl methyl sites for hydroxylation is 2. The Morgan fingerprint density at radius 3 is 1.83 bits per heavy atom. The fourth-order valence-corrected chi connectivity index (χ4v) is 11.8. The van der Waals surface area contributed by atoms with Crippen molar-refractivity contribution in [1.29, 1.82) is 0 Å². The van der Waals surface area contributed by atoms with Crippen molar-refractivity contribution in [3.63, 3.8) is 0 Å². The topological polar surface area (TPSA) is 36.9 Å².